The summed E-state index contributed by atoms with van der Waals surface area (Å²) < 4.78 is 5.34. The van der Waals surface area contributed by atoms with Gasteiger partial charge in [-0.2, -0.15) is 0 Å². The van der Waals surface area contributed by atoms with Crippen molar-refractivity contribution in [3.63, 3.8) is 0 Å². The molecule has 0 spiro atoms. The number of amides is 1. The Balaban J connectivity index is 1.32. The highest BCUT2D eigenvalue weighted by Crippen LogP contribution is 2.20. The first-order chi connectivity index (χ1) is 14.2. The SMILES string of the molecule is CCOc1ccc(C(=O)N2CCN(c3ccc(N4CCCCC4)nn3)CC2)cn1. The van der Waals surface area contributed by atoms with E-state index in [4.69, 9.17) is 4.74 Å². The first-order valence-corrected chi connectivity index (χ1v) is 10.5. The van der Waals surface area contributed by atoms with Gasteiger partial charge >= 0.3 is 0 Å². The molecular formula is C21H28N6O2. The highest BCUT2D eigenvalue weighted by atomic mass is 16.5. The lowest BCUT2D eigenvalue weighted by molar-refractivity contribution is 0.0746. The van der Waals surface area contributed by atoms with Crippen molar-refractivity contribution in [3.05, 3.63) is 36.0 Å². The van der Waals surface area contributed by atoms with Crippen LogP contribution in [0.5, 0.6) is 5.88 Å². The Hall–Kier alpha value is -2.90. The summed E-state index contributed by atoms with van der Waals surface area (Å²) in [6, 6.07) is 7.63. The number of carbonyl (C=O) groups is 1. The molecule has 2 aromatic rings. The average Bonchev–Trinajstić information content (AvgIpc) is 2.80. The smallest absolute Gasteiger partial charge is 0.255 e. The first-order valence-electron chi connectivity index (χ1n) is 10.5. The van der Waals surface area contributed by atoms with Crippen LogP contribution in [-0.4, -0.2) is 71.9 Å². The van der Waals surface area contributed by atoms with Crippen LogP contribution >= 0.6 is 0 Å². The number of hydrogen-bond donors (Lipinski definition) is 0. The molecule has 2 fully saturated rings. The van der Waals surface area contributed by atoms with Crippen LogP contribution in [0.25, 0.3) is 0 Å². The largest absolute Gasteiger partial charge is 0.478 e. The van der Waals surface area contributed by atoms with Gasteiger partial charge in [-0.3, -0.25) is 4.79 Å². The molecule has 1 amide bonds. The summed E-state index contributed by atoms with van der Waals surface area (Å²) in [5, 5.41) is 8.88. The highest BCUT2D eigenvalue weighted by Gasteiger charge is 2.23. The predicted octanol–water partition coefficient (Wildman–Crippen LogP) is 2.22. The Kier molecular flexibility index (Phi) is 6.07. The van der Waals surface area contributed by atoms with E-state index in [-0.39, 0.29) is 5.91 Å². The second-order valence-electron chi connectivity index (χ2n) is 7.39. The van der Waals surface area contributed by atoms with Gasteiger partial charge in [0.05, 0.1) is 12.2 Å². The van der Waals surface area contributed by atoms with Gasteiger partial charge in [0, 0.05) is 51.5 Å². The van der Waals surface area contributed by atoms with Gasteiger partial charge in [0.2, 0.25) is 5.88 Å². The second kappa shape index (κ2) is 9.07. The van der Waals surface area contributed by atoms with Crippen molar-refractivity contribution < 1.29 is 9.53 Å². The number of aromatic nitrogens is 3. The number of hydrogen-bond acceptors (Lipinski definition) is 7. The van der Waals surface area contributed by atoms with Crippen molar-refractivity contribution in [1.82, 2.24) is 20.1 Å². The summed E-state index contributed by atoms with van der Waals surface area (Å²) in [6.45, 7) is 7.39. The zero-order valence-corrected chi connectivity index (χ0v) is 17.0. The van der Waals surface area contributed by atoms with Crippen LogP contribution in [-0.2, 0) is 0 Å². The summed E-state index contributed by atoms with van der Waals surface area (Å²) in [6.07, 6.45) is 5.34. The lowest BCUT2D eigenvalue weighted by atomic mass is 10.1. The molecule has 154 valence electrons. The lowest BCUT2D eigenvalue weighted by Gasteiger charge is -2.35. The van der Waals surface area contributed by atoms with Gasteiger partial charge in [0.1, 0.15) is 0 Å². The Morgan fingerprint density at radius 3 is 2.10 bits per heavy atom. The molecule has 0 saturated carbocycles. The molecule has 4 heterocycles. The molecule has 0 bridgehead atoms. The van der Waals surface area contributed by atoms with Crippen LogP contribution in [0.3, 0.4) is 0 Å². The van der Waals surface area contributed by atoms with Crippen molar-refractivity contribution >= 4 is 17.5 Å². The molecular weight excluding hydrogens is 368 g/mol. The van der Waals surface area contributed by atoms with Crippen molar-refractivity contribution in [2.75, 3.05) is 55.7 Å². The summed E-state index contributed by atoms with van der Waals surface area (Å²) in [5.74, 6) is 2.39. The minimum absolute atomic E-state index is 0.00623. The summed E-state index contributed by atoms with van der Waals surface area (Å²) >= 11 is 0. The van der Waals surface area contributed by atoms with E-state index in [1.165, 1.54) is 19.3 Å². The number of rotatable bonds is 5. The second-order valence-corrected chi connectivity index (χ2v) is 7.39. The van der Waals surface area contributed by atoms with Gasteiger partial charge in [-0.15, -0.1) is 10.2 Å². The van der Waals surface area contributed by atoms with Crippen molar-refractivity contribution in [1.29, 1.82) is 0 Å². The molecule has 29 heavy (non-hydrogen) atoms. The molecule has 0 atom stereocenters. The molecule has 0 aromatic carbocycles. The molecule has 0 radical (unpaired) electrons. The molecule has 0 unspecified atom stereocenters. The molecule has 2 aliphatic heterocycles. The minimum atomic E-state index is 0.00623. The van der Waals surface area contributed by atoms with E-state index in [9.17, 15) is 4.79 Å². The maximum atomic E-state index is 12.7. The van der Waals surface area contributed by atoms with Crippen LogP contribution in [0.15, 0.2) is 30.5 Å². The summed E-state index contributed by atoms with van der Waals surface area (Å²) in [5.41, 5.74) is 0.590. The van der Waals surface area contributed by atoms with Crippen LogP contribution in [0, 0.1) is 0 Å². The Bertz CT molecular complexity index is 797. The Morgan fingerprint density at radius 1 is 0.897 bits per heavy atom. The van der Waals surface area contributed by atoms with Gasteiger partial charge in [-0.1, -0.05) is 0 Å². The van der Waals surface area contributed by atoms with Gasteiger partial charge in [-0.05, 0) is 44.4 Å². The number of pyridine rings is 1. The predicted molar refractivity (Wildman–Crippen MR) is 112 cm³/mol. The van der Waals surface area contributed by atoms with Gasteiger partial charge in [0.25, 0.3) is 5.91 Å². The summed E-state index contributed by atoms with van der Waals surface area (Å²) in [7, 11) is 0. The summed E-state index contributed by atoms with van der Waals surface area (Å²) in [4.78, 5) is 23.3. The number of anilines is 2. The number of piperidine rings is 1. The molecule has 2 saturated heterocycles. The van der Waals surface area contributed by atoms with Crippen LogP contribution < -0.4 is 14.5 Å². The molecule has 2 aromatic heterocycles. The third-order valence-corrected chi connectivity index (χ3v) is 5.48. The lowest BCUT2D eigenvalue weighted by Crippen LogP contribution is -2.49. The normalized spacial score (nSPS) is 17.3. The van der Waals surface area contributed by atoms with Crippen LogP contribution in [0.1, 0.15) is 36.5 Å². The van der Waals surface area contributed by atoms with Crippen molar-refractivity contribution in [2.45, 2.75) is 26.2 Å². The molecule has 0 aliphatic carbocycles. The van der Waals surface area contributed by atoms with E-state index in [0.29, 0.717) is 31.1 Å². The van der Waals surface area contributed by atoms with Crippen molar-refractivity contribution in [3.8, 4) is 5.88 Å². The quantitative estimate of drug-likeness (QED) is 0.767. The fourth-order valence-corrected chi connectivity index (χ4v) is 3.84. The minimum Gasteiger partial charge on any atom is -0.478 e. The fourth-order valence-electron chi connectivity index (χ4n) is 3.84. The molecule has 0 N–H and O–H groups in total. The maximum Gasteiger partial charge on any atom is 0.255 e. The van der Waals surface area contributed by atoms with E-state index in [0.717, 1.165) is 37.8 Å². The van der Waals surface area contributed by atoms with E-state index < -0.39 is 0 Å². The van der Waals surface area contributed by atoms with Crippen LogP contribution in [0.2, 0.25) is 0 Å². The molecule has 8 nitrogen and oxygen atoms in total. The first kappa shape index (κ1) is 19.4. The zero-order chi connectivity index (χ0) is 20.1. The molecule has 8 heteroatoms. The van der Waals surface area contributed by atoms with Gasteiger partial charge in [0.15, 0.2) is 11.6 Å². The number of nitrogens with zero attached hydrogens (tertiary/aromatic N) is 6. The number of ether oxygens (including phenoxy) is 1. The maximum absolute atomic E-state index is 12.7. The van der Waals surface area contributed by atoms with Crippen molar-refractivity contribution in [2.24, 2.45) is 0 Å². The Morgan fingerprint density at radius 2 is 1.55 bits per heavy atom. The van der Waals surface area contributed by atoms with Gasteiger partial charge in [-0.25, -0.2) is 4.98 Å². The van der Waals surface area contributed by atoms with E-state index in [2.05, 4.69) is 31.0 Å². The number of piperazine rings is 1. The molecule has 2 aliphatic rings. The van der Waals surface area contributed by atoms with E-state index >= 15 is 0 Å². The molecule has 4 rings (SSSR count). The van der Waals surface area contributed by atoms with E-state index in [1.54, 1.807) is 18.3 Å². The Labute approximate surface area is 171 Å². The monoisotopic (exact) mass is 396 g/mol. The third kappa shape index (κ3) is 4.58. The van der Waals surface area contributed by atoms with Gasteiger partial charge < -0.3 is 19.4 Å². The zero-order valence-electron chi connectivity index (χ0n) is 17.0. The highest BCUT2D eigenvalue weighted by molar-refractivity contribution is 5.94. The standard InChI is InChI=1S/C21H28N6O2/c1-2-29-20-9-6-17(16-22-20)21(28)27-14-12-26(13-15-27)19-8-7-18(23-24-19)25-10-4-3-5-11-25/h6-9,16H,2-5,10-15H2,1H3. The van der Waals surface area contributed by atoms with E-state index in [1.807, 2.05) is 17.9 Å². The third-order valence-electron chi connectivity index (χ3n) is 5.48. The topological polar surface area (TPSA) is 74.7 Å². The number of carbonyl (C=O) groups excluding carboxylic acids is 1. The average molecular weight is 396 g/mol. The van der Waals surface area contributed by atoms with Crippen LogP contribution in [0.4, 0.5) is 11.6 Å². The fraction of sp³-hybridized carbons (Fsp3) is 0.524.